The Kier molecular flexibility index (Phi) is 17.6. The van der Waals surface area contributed by atoms with Crippen LogP contribution in [-0.2, 0) is 44.5 Å². The molecule has 75 heavy (non-hydrogen) atoms. The molecule has 2 aliphatic carbocycles. The van der Waals surface area contributed by atoms with Crippen LogP contribution in [0.2, 0.25) is 0 Å². The van der Waals surface area contributed by atoms with E-state index < -0.39 is 107 Å². The summed E-state index contributed by atoms with van der Waals surface area (Å²) in [4.78, 5) is 64.4. The third-order valence-corrected chi connectivity index (χ3v) is 12.9. The van der Waals surface area contributed by atoms with Crippen LogP contribution in [0.1, 0.15) is 83.9 Å². The number of nitro benzene ring substituents is 1. The number of ether oxygens (including phenoxy) is 8. The zero-order chi connectivity index (χ0) is 54.4. The van der Waals surface area contributed by atoms with E-state index in [1.54, 1.807) is 47.6 Å². The molecule has 408 valence electrons. The Labute approximate surface area is 434 Å². The van der Waals surface area contributed by atoms with E-state index >= 15 is 0 Å². The van der Waals surface area contributed by atoms with Gasteiger partial charge in [-0.3, -0.25) is 10.1 Å². The molecule has 23 heteroatoms. The molecule has 4 amide bonds. The van der Waals surface area contributed by atoms with Gasteiger partial charge in [0.2, 0.25) is 6.29 Å². The fourth-order valence-electron chi connectivity index (χ4n) is 9.51. The molecule has 8 N–H and O–H groups in total. The van der Waals surface area contributed by atoms with Crippen molar-refractivity contribution in [3.8, 4) is 11.1 Å². The largest absolute Gasteiger partial charge is 0.465 e. The number of rotatable bonds is 15. The Balaban J connectivity index is 1.15. The van der Waals surface area contributed by atoms with Crippen LogP contribution in [0.15, 0.2) is 84.6 Å². The van der Waals surface area contributed by atoms with Crippen molar-refractivity contribution >= 4 is 30.1 Å². The second-order valence-electron chi connectivity index (χ2n) is 21.0. The standard InChI is InChI=1S/C52H68N6O17/c1-50(2,3)74-48(63)55-36-22-21-30(24-54-46(61)68-25-28-17-19-29(20-18-28)58(66)67)71-44(36)72-41-38(57-49(64)75-51(4,5)6)23-37(42(39(41)59)73-45-40(60)43(53-8)52(7,65)27-70-45)56-47(62)69-26-35-33-15-11-9-13-31(33)32-14-10-12-16-34(32)35/h9-21,35-45,53,59-60,65H,22-27H2,1-8H3,(H,54,61)(H,55,63)(H,56,62)(H,57,64)/t36-,37-,38+,39+,40-,41-,42+,43-,44-,45-,52+/m1/s1. The number of aliphatic hydroxyl groups is 3. The van der Waals surface area contributed by atoms with Crippen molar-refractivity contribution in [2.75, 3.05) is 26.8 Å². The molecule has 23 nitrogen and oxygen atoms in total. The molecule has 3 aromatic carbocycles. The fourth-order valence-corrected chi connectivity index (χ4v) is 9.51. The summed E-state index contributed by atoms with van der Waals surface area (Å²) in [6, 6.07) is 16.7. The smallest absolute Gasteiger partial charge is 0.408 e. The number of alkyl carbamates (subject to hydrolysis) is 4. The maximum absolute atomic E-state index is 14.1. The first-order chi connectivity index (χ1) is 35.4. The van der Waals surface area contributed by atoms with E-state index in [0.717, 1.165) is 22.3 Å². The molecule has 0 aromatic heterocycles. The minimum absolute atomic E-state index is 0.0328. The van der Waals surface area contributed by atoms with Gasteiger partial charge in [0.15, 0.2) is 6.29 Å². The van der Waals surface area contributed by atoms with Crippen molar-refractivity contribution in [1.29, 1.82) is 0 Å². The Morgan fingerprint density at radius 3 is 1.85 bits per heavy atom. The maximum atomic E-state index is 14.1. The van der Waals surface area contributed by atoms with E-state index in [9.17, 15) is 44.6 Å². The van der Waals surface area contributed by atoms with Gasteiger partial charge in [-0.2, -0.15) is 0 Å². The van der Waals surface area contributed by atoms with E-state index in [-0.39, 0.29) is 56.6 Å². The van der Waals surface area contributed by atoms with Gasteiger partial charge in [0.05, 0.1) is 42.2 Å². The number of fused-ring (bicyclic) bond motifs is 3. The molecule has 1 saturated heterocycles. The molecular weight excluding hydrogens is 981 g/mol. The van der Waals surface area contributed by atoms with Crippen LogP contribution < -0.4 is 26.6 Å². The van der Waals surface area contributed by atoms with Crippen molar-refractivity contribution in [3.05, 3.63) is 111 Å². The van der Waals surface area contributed by atoms with Crippen molar-refractivity contribution in [2.45, 2.75) is 152 Å². The van der Waals surface area contributed by atoms with Crippen molar-refractivity contribution in [3.63, 3.8) is 0 Å². The molecule has 7 rings (SSSR count). The highest BCUT2D eigenvalue weighted by Crippen LogP contribution is 2.44. The number of nitrogens with one attached hydrogen (secondary N) is 5. The molecule has 2 fully saturated rings. The summed E-state index contributed by atoms with van der Waals surface area (Å²) >= 11 is 0. The lowest BCUT2D eigenvalue weighted by Gasteiger charge is -2.49. The van der Waals surface area contributed by atoms with Crippen LogP contribution in [0.3, 0.4) is 0 Å². The van der Waals surface area contributed by atoms with E-state index in [1.165, 1.54) is 38.2 Å². The SMILES string of the molecule is CN[C@@H]1[C@@H](O)[C@@H](O[C@@H]2[C@@H](O)[C@H](O[C@H]3OC(CNC(=O)OCc4ccc([N+](=O)[O-])cc4)=CC[C@H]3NC(=O)OC(C)(C)C)[C@@H](NC(=O)OC(C)(C)C)C[C@H]2NC(=O)OCC2c3ccccc3-c3ccccc32)OC[C@]1(C)O. The average molecular weight is 1050 g/mol. The summed E-state index contributed by atoms with van der Waals surface area (Å²) in [5.74, 6) is -0.161. The molecule has 0 unspecified atom stereocenters. The number of aliphatic hydroxyl groups excluding tert-OH is 2. The van der Waals surface area contributed by atoms with E-state index in [4.69, 9.17) is 37.9 Å². The van der Waals surface area contributed by atoms with Crippen LogP contribution in [0.25, 0.3) is 11.1 Å². The number of likely N-dealkylation sites (N-methyl/N-ethyl adjacent to an activating group) is 1. The molecule has 11 atom stereocenters. The van der Waals surface area contributed by atoms with Crippen molar-refractivity contribution in [2.24, 2.45) is 0 Å². The Morgan fingerprint density at radius 1 is 0.747 bits per heavy atom. The molecule has 1 saturated carbocycles. The normalized spacial score (nSPS) is 27.5. The number of nitrogens with zero attached hydrogens (tertiary/aromatic N) is 1. The quantitative estimate of drug-likeness (QED) is 0.0579. The summed E-state index contributed by atoms with van der Waals surface area (Å²) in [6.45, 7) is 10.6. The average Bonchev–Trinajstić information content (AvgIpc) is 3.65. The highest BCUT2D eigenvalue weighted by Gasteiger charge is 2.53. The van der Waals surface area contributed by atoms with Gasteiger partial charge in [0, 0.05) is 18.1 Å². The van der Waals surface area contributed by atoms with Gasteiger partial charge in [-0.15, -0.1) is 0 Å². The molecule has 4 aliphatic rings. The Bertz CT molecular complexity index is 2500. The summed E-state index contributed by atoms with van der Waals surface area (Å²) in [5.41, 5.74) is 0.887. The number of carbonyl (C=O) groups excluding carboxylic acids is 4. The lowest BCUT2D eigenvalue weighted by Crippen LogP contribution is -2.70. The van der Waals surface area contributed by atoms with Crippen molar-refractivity contribution < 1.29 is 77.3 Å². The number of non-ortho nitro benzene ring substituents is 1. The molecule has 0 radical (unpaired) electrons. The van der Waals surface area contributed by atoms with E-state index in [0.29, 0.717) is 5.56 Å². The summed E-state index contributed by atoms with van der Waals surface area (Å²) in [6.07, 6.45) is -11.5. The minimum atomic E-state index is -1.82. The van der Waals surface area contributed by atoms with Gasteiger partial charge in [0.25, 0.3) is 5.69 Å². The molecule has 3 aromatic rings. The van der Waals surface area contributed by atoms with Crippen LogP contribution in [0.5, 0.6) is 0 Å². The lowest BCUT2D eigenvalue weighted by molar-refractivity contribution is -0.384. The highest BCUT2D eigenvalue weighted by molar-refractivity contribution is 5.79. The van der Waals surface area contributed by atoms with Gasteiger partial charge in [-0.25, -0.2) is 19.2 Å². The first-order valence-electron chi connectivity index (χ1n) is 24.7. The summed E-state index contributed by atoms with van der Waals surface area (Å²) in [5, 5.41) is 60.2. The number of hydrogen-bond acceptors (Lipinski definition) is 18. The monoisotopic (exact) mass is 1050 g/mol. The number of amides is 4. The van der Waals surface area contributed by atoms with Crippen LogP contribution in [0, 0.1) is 10.1 Å². The number of carbonyl (C=O) groups is 4. The molecular formula is C52H68N6O17. The second-order valence-corrected chi connectivity index (χ2v) is 21.0. The third kappa shape index (κ3) is 14.4. The zero-order valence-electron chi connectivity index (χ0n) is 43.1. The van der Waals surface area contributed by atoms with Gasteiger partial charge in [-0.05, 0) is 114 Å². The minimum Gasteiger partial charge on any atom is -0.465 e. The Hall–Kier alpha value is -6.60. The summed E-state index contributed by atoms with van der Waals surface area (Å²) < 4.78 is 47.6. The highest BCUT2D eigenvalue weighted by atomic mass is 16.7. The maximum Gasteiger partial charge on any atom is 0.408 e. The number of benzene rings is 3. The molecule has 2 heterocycles. The fraction of sp³-hybridized carbons (Fsp3) is 0.538. The Morgan fingerprint density at radius 2 is 1.29 bits per heavy atom. The van der Waals surface area contributed by atoms with Gasteiger partial charge < -0.3 is 79.8 Å². The predicted molar refractivity (Wildman–Crippen MR) is 267 cm³/mol. The molecule has 0 bridgehead atoms. The van der Waals surface area contributed by atoms with Crippen LogP contribution in [-0.4, -0.2) is 149 Å². The lowest BCUT2D eigenvalue weighted by atomic mass is 9.83. The molecule has 2 aliphatic heterocycles. The topological polar surface area (TPSA) is 306 Å². The first-order valence-corrected chi connectivity index (χ1v) is 24.7. The predicted octanol–water partition coefficient (Wildman–Crippen LogP) is 4.74. The second kappa shape index (κ2) is 23.5. The first kappa shape index (κ1) is 56.1. The number of hydrogen-bond donors (Lipinski definition) is 8. The number of nitro groups is 1. The van der Waals surface area contributed by atoms with Crippen LogP contribution in [0.4, 0.5) is 24.9 Å². The van der Waals surface area contributed by atoms with Gasteiger partial charge >= 0.3 is 24.4 Å². The van der Waals surface area contributed by atoms with Gasteiger partial charge in [-0.1, -0.05) is 48.5 Å². The van der Waals surface area contributed by atoms with E-state index in [1.807, 2.05) is 48.5 Å². The summed E-state index contributed by atoms with van der Waals surface area (Å²) in [7, 11) is 1.54. The third-order valence-electron chi connectivity index (χ3n) is 12.9. The van der Waals surface area contributed by atoms with Crippen molar-refractivity contribution in [1.82, 2.24) is 26.6 Å². The zero-order valence-corrected chi connectivity index (χ0v) is 43.1. The van der Waals surface area contributed by atoms with Crippen LogP contribution >= 0.6 is 0 Å². The molecule has 0 spiro atoms. The van der Waals surface area contributed by atoms with Gasteiger partial charge in [0.1, 0.15) is 60.2 Å². The van der Waals surface area contributed by atoms with E-state index in [2.05, 4.69) is 26.6 Å².